The Morgan fingerprint density at radius 3 is 2.52 bits per heavy atom. The van der Waals surface area contributed by atoms with Crippen molar-refractivity contribution < 1.29 is 18.0 Å². The number of nitrogens with zero attached hydrogens (tertiary/aromatic N) is 3. The fraction of sp³-hybridized carbons (Fsp3) is 0.0714. The molecule has 2 aromatic heterocycles. The third-order valence-corrected chi connectivity index (χ3v) is 3.03. The zero-order chi connectivity index (χ0) is 15.0. The Bertz CT molecular complexity index is 824. The molecule has 3 rings (SSSR count). The quantitative estimate of drug-likeness (QED) is 0.681. The van der Waals surface area contributed by atoms with E-state index < -0.39 is 11.7 Å². The summed E-state index contributed by atoms with van der Waals surface area (Å²) in [4.78, 5) is 10.8. The van der Waals surface area contributed by atoms with Gasteiger partial charge in [0.15, 0.2) is 17.8 Å². The molecule has 2 heterocycles. The Morgan fingerprint density at radius 1 is 1.05 bits per heavy atom. The van der Waals surface area contributed by atoms with Crippen LogP contribution in [0.4, 0.5) is 13.2 Å². The lowest BCUT2D eigenvalue weighted by atomic mass is 10.1. The summed E-state index contributed by atoms with van der Waals surface area (Å²) in [6.45, 7) is 0. The van der Waals surface area contributed by atoms with Crippen LogP contribution in [-0.2, 0) is 6.18 Å². The number of carbonyl (C=O) groups excluding carboxylic acids is 1. The number of hydrogen-bond acceptors (Lipinski definition) is 3. The van der Waals surface area contributed by atoms with Crippen LogP contribution in [0.2, 0.25) is 0 Å². The Hall–Kier alpha value is -2.70. The van der Waals surface area contributed by atoms with E-state index in [1.54, 1.807) is 0 Å². The van der Waals surface area contributed by atoms with Crippen LogP contribution in [0.25, 0.3) is 17.0 Å². The molecular formula is C14H8F3N3O. The molecule has 0 saturated carbocycles. The van der Waals surface area contributed by atoms with Crippen molar-refractivity contribution in [2.75, 3.05) is 0 Å². The van der Waals surface area contributed by atoms with Crippen molar-refractivity contribution in [1.29, 1.82) is 0 Å². The molecule has 0 amide bonds. The minimum Gasteiger partial charge on any atom is -0.298 e. The number of pyridine rings is 1. The first-order chi connectivity index (χ1) is 10.0. The van der Waals surface area contributed by atoms with E-state index in [0.717, 1.165) is 6.07 Å². The van der Waals surface area contributed by atoms with E-state index in [-0.39, 0.29) is 11.4 Å². The number of hydrogen-bond donors (Lipinski definition) is 0. The predicted octanol–water partition coefficient (Wildman–Crippen LogP) is 3.23. The summed E-state index contributed by atoms with van der Waals surface area (Å²) in [5.74, 6) is 0.0432. The van der Waals surface area contributed by atoms with Crippen LogP contribution in [0, 0.1) is 0 Å². The molecule has 0 aliphatic heterocycles. The van der Waals surface area contributed by atoms with Crippen molar-refractivity contribution in [1.82, 2.24) is 14.6 Å². The Morgan fingerprint density at radius 2 is 1.81 bits per heavy atom. The van der Waals surface area contributed by atoms with Crippen LogP contribution < -0.4 is 0 Å². The highest BCUT2D eigenvalue weighted by Gasteiger charge is 2.34. The van der Waals surface area contributed by atoms with Crippen molar-refractivity contribution >= 4 is 11.9 Å². The maximum Gasteiger partial charge on any atom is 0.417 e. The number of carbonyl (C=O) groups is 1. The number of halogens is 3. The molecule has 0 radical (unpaired) electrons. The molecule has 0 bridgehead atoms. The van der Waals surface area contributed by atoms with Crippen LogP contribution in [-0.4, -0.2) is 20.9 Å². The van der Waals surface area contributed by atoms with Crippen molar-refractivity contribution in [3.63, 3.8) is 0 Å². The zero-order valence-electron chi connectivity index (χ0n) is 10.5. The van der Waals surface area contributed by atoms with Gasteiger partial charge in [0.25, 0.3) is 0 Å². The molecule has 3 aromatic rings. The second-order valence-electron chi connectivity index (χ2n) is 4.38. The molecule has 0 fully saturated rings. The summed E-state index contributed by atoms with van der Waals surface area (Å²) in [6, 6.07) is 8.17. The second kappa shape index (κ2) is 4.69. The predicted molar refractivity (Wildman–Crippen MR) is 68.8 cm³/mol. The van der Waals surface area contributed by atoms with Crippen molar-refractivity contribution in [3.8, 4) is 11.4 Å². The first-order valence-electron chi connectivity index (χ1n) is 5.97. The summed E-state index contributed by atoms with van der Waals surface area (Å²) in [7, 11) is 0. The summed E-state index contributed by atoms with van der Waals surface area (Å²) in [5, 5.41) is 7.64. The van der Waals surface area contributed by atoms with E-state index in [0.29, 0.717) is 17.5 Å². The molecule has 1 aromatic carbocycles. The van der Waals surface area contributed by atoms with Gasteiger partial charge in [-0.05, 0) is 18.2 Å². The minimum absolute atomic E-state index is 0.0432. The van der Waals surface area contributed by atoms with Gasteiger partial charge in [0.05, 0.1) is 5.56 Å². The van der Waals surface area contributed by atoms with Gasteiger partial charge >= 0.3 is 6.18 Å². The highest BCUT2D eigenvalue weighted by atomic mass is 19.4. The zero-order valence-corrected chi connectivity index (χ0v) is 10.5. The van der Waals surface area contributed by atoms with E-state index >= 15 is 0 Å². The average Bonchev–Trinajstić information content (AvgIpc) is 2.89. The number of aldehydes is 1. The summed E-state index contributed by atoms with van der Waals surface area (Å²) in [6.07, 6.45) is -2.48. The van der Waals surface area contributed by atoms with Gasteiger partial charge in [0.2, 0.25) is 0 Å². The van der Waals surface area contributed by atoms with Gasteiger partial charge in [-0.15, -0.1) is 10.2 Å². The molecular weight excluding hydrogens is 283 g/mol. The molecule has 0 atom stereocenters. The number of aromatic nitrogens is 3. The van der Waals surface area contributed by atoms with E-state index in [1.807, 2.05) is 0 Å². The average molecular weight is 291 g/mol. The van der Waals surface area contributed by atoms with Gasteiger partial charge in [-0.2, -0.15) is 13.2 Å². The summed E-state index contributed by atoms with van der Waals surface area (Å²) < 4.78 is 40.6. The van der Waals surface area contributed by atoms with Gasteiger partial charge < -0.3 is 0 Å². The van der Waals surface area contributed by atoms with Crippen LogP contribution in [0.15, 0.2) is 42.6 Å². The van der Waals surface area contributed by atoms with Crippen LogP contribution >= 0.6 is 0 Å². The fourth-order valence-electron chi connectivity index (χ4n) is 2.09. The third-order valence-electron chi connectivity index (χ3n) is 3.03. The number of fused-ring (bicyclic) bond motifs is 1. The largest absolute Gasteiger partial charge is 0.417 e. The van der Waals surface area contributed by atoms with Crippen molar-refractivity contribution in [2.24, 2.45) is 0 Å². The van der Waals surface area contributed by atoms with Crippen LogP contribution in [0.5, 0.6) is 0 Å². The lowest BCUT2D eigenvalue weighted by molar-refractivity contribution is -0.137. The lowest BCUT2D eigenvalue weighted by Crippen LogP contribution is -2.08. The molecule has 0 spiro atoms. The molecule has 0 saturated heterocycles. The smallest absolute Gasteiger partial charge is 0.298 e. The third kappa shape index (κ3) is 2.26. The molecule has 0 unspecified atom stereocenters. The van der Waals surface area contributed by atoms with Gasteiger partial charge in [-0.1, -0.05) is 18.2 Å². The molecule has 106 valence electrons. The van der Waals surface area contributed by atoms with E-state index in [1.165, 1.54) is 40.9 Å². The minimum atomic E-state index is -4.50. The van der Waals surface area contributed by atoms with Gasteiger partial charge in [0, 0.05) is 17.3 Å². The van der Waals surface area contributed by atoms with Crippen molar-refractivity contribution in [3.05, 3.63) is 53.7 Å². The van der Waals surface area contributed by atoms with Gasteiger partial charge in [0.1, 0.15) is 0 Å². The monoisotopic (exact) mass is 291 g/mol. The van der Waals surface area contributed by atoms with E-state index in [9.17, 15) is 18.0 Å². The second-order valence-corrected chi connectivity index (χ2v) is 4.38. The van der Waals surface area contributed by atoms with Gasteiger partial charge in [-0.3, -0.25) is 9.20 Å². The molecule has 4 nitrogen and oxygen atoms in total. The highest BCUT2D eigenvalue weighted by Crippen LogP contribution is 2.36. The standard InChI is InChI=1S/C14H8F3N3O/c15-14(16,17)11-4-2-1-3-10(11)13-19-18-12-6-5-9(8-21)7-20(12)13/h1-8H. The van der Waals surface area contributed by atoms with E-state index in [2.05, 4.69) is 10.2 Å². The number of alkyl halides is 3. The molecule has 0 aliphatic rings. The van der Waals surface area contributed by atoms with Crippen LogP contribution in [0.3, 0.4) is 0 Å². The van der Waals surface area contributed by atoms with Gasteiger partial charge in [-0.25, -0.2) is 0 Å². The highest BCUT2D eigenvalue weighted by molar-refractivity contribution is 5.75. The topological polar surface area (TPSA) is 47.3 Å². The van der Waals surface area contributed by atoms with Crippen molar-refractivity contribution in [2.45, 2.75) is 6.18 Å². The lowest BCUT2D eigenvalue weighted by Gasteiger charge is -2.11. The van der Waals surface area contributed by atoms with E-state index in [4.69, 9.17) is 0 Å². The maximum absolute atomic E-state index is 13.1. The first kappa shape index (κ1) is 13.3. The normalized spacial score (nSPS) is 11.8. The Labute approximate surface area is 116 Å². The summed E-state index contributed by atoms with van der Waals surface area (Å²) >= 11 is 0. The molecule has 7 heteroatoms. The molecule has 0 N–H and O–H groups in total. The number of rotatable bonds is 2. The first-order valence-corrected chi connectivity index (χ1v) is 5.97. The maximum atomic E-state index is 13.1. The molecule has 21 heavy (non-hydrogen) atoms. The number of benzene rings is 1. The summed E-state index contributed by atoms with van der Waals surface area (Å²) in [5.41, 5.74) is -0.183. The SMILES string of the molecule is O=Cc1ccc2nnc(-c3ccccc3C(F)(F)F)n2c1. The van der Waals surface area contributed by atoms with Crippen LogP contribution in [0.1, 0.15) is 15.9 Å². The Kier molecular flexibility index (Phi) is 2.97. The fourth-order valence-corrected chi connectivity index (χ4v) is 2.09. The molecule has 0 aliphatic carbocycles. The Balaban J connectivity index is 2.29.